The summed E-state index contributed by atoms with van der Waals surface area (Å²) in [5.74, 6) is -0.0761. The van der Waals surface area contributed by atoms with Crippen LogP contribution in [0.15, 0.2) is 60.8 Å². The number of aliphatic hydroxyl groups excluding tert-OH is 2. The highest BCUT2D eigenvalue weighted by Gasteiger charge is 2.17. The van der Waals surface area contributed by atoms with Gasteiger partial charge in [-0.3, -0.25) is 4.79 Å². The Kier molecular flexibility index (Phi) is 49.8. The number of hydrogen-bond donors (Lipinski definition) is 3. The van der Waals surface area contributed by atoms with Crippen LogP contribution in [0.25, 0.3) is 0 Å². The van der Waals surface area contributed by atoms with Crippen molar-refractivity contribution in [3.63, 3.8) is 0 Å². The third-order valence-electron chi connectivity index (χ3n) is 12.0. The van der Waals surface area contributed by atoms with Gasteiger partial charge in [-0.25, -0.2) is 0 Å². The number of amides is 1. The van der Waals surface area contributed by atoms with E-state index in [0.29, 0.717) is 6.42 Å². The lowest BCUT2D eigenvalue weighted by atomic mass is 10.0. The highest BCUT2D eigenvalue weighted by Crippen LogP contribution is 2.17. The van der Waals surface area contributed by atoms with E-state index in [0.717, 1.165) is 51.4 Å². The first-order valence-corrected chi connectivity index (χ1v) is 26.5. The van der Waals surface area contributed by atoms with Crippen LogP contribution in [-0.2, 0) is 4.79 Å². The fourth-order valence-electron chi connectivity index (χ4n) is 7.92. The summed E-state index contributed by atoms with van der Waals surface area (Å²) >= 11 is 0. The van der Waals surface area contributed by atoms with Crippen molar-refractivity contribution >= 4 is 5.91 Å². The number of carbonyl (C=O) groups excluding carboxylic acids is 1. The van der Waals surface area contributed by atoms with E-state index in [1.165, 1.54) is 199 Å². The van der Waals surface area contributed by atoms with Gasteiger partial charge in [0.2, 0.25) is 5.91 Å². The molecule has 0 spiro atoms. The molecule has 2 atom stereocenters. The predicted molar refractivity (Wildman–Crippen MR) is 267 cm³/mol. The molecular weight excluding hydrogens is 735 g/mol. The molecule has 350 valence electrons. The molecule has 0 aromatic carbocycles. The summed E-state index contributed by atoms with van der Waals surface area (Å²) in [5.41, 5.74) is 0. The number of aliphatic hydroxyl groups is 2. The highest BCUT2D eigenvalue weighted by molar-refractivity contribution is 5.76. The number of allylic oxidation sites excluding steroid dienone is 9. The first kappa shape index (κ1) is 58.1. The zero-order chi connectivity index (χ0) is 43.5. The van der Waals surface area contributed by atoms with Crippen molar-refractivity contribution in [3.05, 3.63) is 60.8 Å². The van der Waals surface area contributed by atoms with E-state index in [1.54, 1.807) is 6.08 Å². The van der Waals surface area contributed by atoms with Crippen molar-refractivity contribution in [2.75, 3.05) is 6.61 Å². The molecule has 0 aromatic heterocycles. The Balaban J connectivity index is 3.34. The molecule has 0 aromatic rings. The highest BCUT2D eigenvalue weighted by atomic mass is 16.3. The van der Waals surface area contributed by atoms with Gasteiger partial charge < -0.3 is 15.5 Å². The monoisotopic (exact) mass is 838 g/mol. The van der Waals surface area contributed by atoms with Crippen LogP contribution < -0.4 is 5.32 Å². The van der Waals surface area contributed by atoms with E-state index in [-0.39, 0.29) is 12.5 Å². The second-order valence-corrected chi connectivity index (χ2v) is 17.9. The molecule has 1 amide bonds. The lowest BCUT2D eigenvalue weighted by molar-refractivity contribution is -0.123. The predicted octanol–water partition coefficient (Wildman–Crippen LogP) is 17.2. The summed E-state index contributed by atoms with van der Waals surface area (Å²) in [6.07, 6.45) is 72.8. The molecule has 0 rings (SSSR count). The number of unbranched alkanes of at least 4 members (excludes halogenated alkanes) is 33. The second-order valence-electron chi connectivity index (χ2n) is 17.9. The molecule has 0 aliphatic rings. The smallest absolute Gasteiger partial charge is 0.220 e. The number of nitrogens with one attached hydrogen (secondary N) is 1. The maximum Gasteiger partial charge on any atom is 0.220 e. The van der Waals surface area contributed by atoms with E-state index in [2.05, 4.69) is 67.8 Å². The van der Waals surface area contributed by atoms with Crippen LogP contribution in [0, 0.1) is 0 Å². The average Bonchev–Trinajstić information content (AvgIpc) is 3.25. The summed E-state index contributed by atoms with van der Waals surface area (Å²) in [5, 5.41) is 22.8. The minimum atomic E-state index is -0.858. The fourth-order valence-corrected chi connectivity index (χ4v) is 7.92. The number of hydrogen-bond acceptors (Lipinski definition) is 3. The molecule has 60 heavy (non-hydrogen) atoms. The number of rotatable bonds is 48. The Bertz CT molecular complexity index is 996. The van der Waals surface area contributed by atoms with E-state index >= 15 is 0 Å². The van der Waals surface area contributed by atoms with Crippen molar-refractivity contribution < 1.29 is 15.0 Å². The third-order valence-corrected chi connectivity index (χ3v) is 12.0. The van der Waals surface area contributed by atoms with E-state index < -0.39 is 12.1 Å². The van der Waals surface area contributed by atoms with Gasteiger partial charge in [-0.05, 0) is 64.2 Å². The molecule has 4 heteroatoms. The number of carbonyl (C=O) groups is 1. The van der Waals surface area contributed by atoms with Crippen molar-refractivity contribution in [1.82, 2.24) is 5.32 Å². The van der Waals surface area contributed by atoms with Crippen LogP contribution in [0.5, 0.6) is 0 Å². The SMILES string of the molecule is CCC/C=C/CC/C=C/C(O)C(CO)NC(=O)CCCCCCCCCCCCCCCCCCCCCCCCCCCC/C=C\C/C=C\C/C=C\CCCCCCC. The zero-order valence-electron chi connectivity index (χ0n) is 40.2. The van der Waals surface area contributed by atoms with Gasteiger partial charge >= 0.3 is 0 Å². The maximum absolute atomic E-state index is 12.3. The normalized spacial score (nSPS) is 13.3. The quantitative estimate of drug-likeness (QED) is 0.0422. The standard InChI is InChI=1S/C56H103NO3/c1-3-5-7-9-11-12-13-14-15-16-17-18-19-20-21-22-23-24-25-26-27-28-29-30-31-32-33-34-35-36-37-38-39-40-41-42-43-44-46-48-50-52-56(60)57-54(53-58)55(59)51-49-47-45-10-8-6-4-2/h8,10,13-14,16-17,19-20,49,51,54-55,58-59H,3-7,9,11-12,15,18,21-48,50,52-53H2,1-2H3,(H,57,60)/b10-8+,14-13-,17-16-,20-19-,51-49+. The Hall–Kier alpha value is -1.91. The summed E-state index contributed by atoms with van der Waals surface area (Å²) in [7, 11) is 0. The molecule has 0 bridgehead atoms. The fraction of sp³-hybridized carbons (Fsp3) is 0.804. The summed E-state index contributed by atoms with van der Waals surface area (Å²) in [6.45, 7) is 4.18. The van der Waals surface area contributed by atoms with Crippen molar-refractivity contribution in [3.8, 4) is 0 Å². The zero-order valence-corrected chi connectivity index (χ0v) is 40.2. The molecule has 0 heterocycles. The van der Waals surface area contributed by atoms with Gasteiger partial charge in [0.15, 0.2) is 0 Å². The molecule has 0 fully saturated rings. The summed E-state index contributed by atoms with van der Waals surface area (Å²) < 4.78 is 0. The van der Waals surface area contributed by atoms with Crippen LogP contribution in [0.3, 0.4) is 0 Å². The van der Waals surface area contributed by atoms with E-state index in [4.69, 9.17) is 0 Å². The van der Waals surface area contributed by atoms with Crippen LogP contribution >= 0.6 is 0 Å². The first-order valence-electron chi connectivity index (χ1n) is 26.5. The molecule has 0 aliphatic carbocycles. The molecule has 0 saturated heterocycles. The largest absolute Gasteiger partial charge is 0.394 e. The summed E-state index contributed by atoms with van der Waals surface area (Å²) in [6, 6.07) is -0.635. The topological polar surface area (TPSA) is 69.6 Å². The van der Waals surface area contributed by atoms with Crippen molar-refractivity contribution in [2.45, 2.75) is 283 Å². The first-order chi connectivity index (χ1) is 29.7. The molecule has 3 N–H and O–H groups in total. The lowest BCUT2D eigenvalue weighted by Gasteiger charge is -2.19. The third kappa shape index (κ3) is 47.1. The molecule has 0 saturated carbocycles. The lowest BCUT2D eigenvalue weighted by Crippen LogP contribution is -2.45. The van der Waals surface area contributed by atoms with E-state index in [1.807, 2.05) is 6.08 Å². The minimum Gasteiger partial charge on any atom is -0.394 e. The van der Waals surface area contributed by atoms with Gasteiger partial charge in [-0.15, -0.1) is 0 Å². The van der Waals surface area contributed by atoms with Gasteiger partial charge in [0.05, 0.1) is 18.8 Å². The summed E-state index contributed by atoms with van der Waals surface area (Å²) in [4.78, 5) is 12.3. The molecular formula is C56H103NO3. The Morgan fingerprint density at radius 1 is 0.400 bits per heavy atom. The average molecular weight is 838 g/mol. The molecule has 0 radical (unpaired) electrons. The van der Waals surface area contributed by atoms with Crippen LogP contribution in [0.2, 0.25) is 0 Å². The van der Waals surface area contributed by atoms with Crippen LogP contribution in [0.4, 0.5) is 0 Å². The minimum absolute atomic E-state index is 0.0761. The Morgan fingerprint density at radius 2 is 0.733 bits per heavy atom. The van der Waals surface area contributed by atoms with E-state index in [9.17, 15) is 15.0 Å². The van der Waals surface area contributed by atoms with Gasteiger partial charge in [-0.2, -0.15) is 0 Å². The Labute approximate surface area is 375 Å². The van der Waals surface area contributed by atoms with Gasteiger partial charge in [0.1, 0.15) is 0 Å². The van der Waals surface area contributed by atoms with Crippen molar-refractivity contribution in [2.24, 2.45) is 0 Å². The van der Waals surface area contributed by atoms with Crippen molar-refractivity contribution in [1.29, 1.82) is 0 Å². The maximum atomic E-state index is 12.3. The molecule has 2 unspecified atom stereocenters. The van der Waals surface area contributed by atoms with Crippen LogP contribution in [-0.4, -0.2) is 34.9 Å². The van der Waals surface area contributed by atoms with Crippen LogP contribution in [0.1, 0.15) is 271 Å². The molecule has 0 aliphatic heterocycles. The van der Waals surface area contributed by atoms with Gasteiger partial charge in [-0.1, -0.05) is 261 Å². The second kappa shape index (κ2) is 51.4. The molecule has 4 nitrogen and oxygen atoms in total. The van der Waals surface area contributed by atoms with Gasteiger partial charge in [0, 0.05) is 6.42 Å². The van der Waals surface area contributed by atoms with Gasteiger partial charge in [0.25, 0.3) is 0 Å². The Morgan fingerprint density at radius 3 is 1.13 bits per heavy atom.